The van der Waals surface area contributed by atoms with E-state index in [9.17, 15) is 0 Å². The van der Waals surface area contributed by atoms with Gasteiger partial charge in [-0.3, -0.25) is 0 Å². The van der Waals surface area contributed by atoms with Crippen molar-refractivity contribution >= 4 is 21.7 Å². The van der Waals surface area contributed by atoms with E-state index < -0.39 is 0 Å². The van der Waals surface area contributed by atoms with Crippen LogP contribution in [0.25, 0.3) is 0 Å². The highest BCUT2D eigenvalue weighted by Crippen LogP contribution is 2.43. The quantitative estimate of drug-likeness (QED) is 0.886. The number of hydrogen-bond acceptors (Lipinski definition) is 2. The van der Waals surface area contributed by atoms with E-state index in [0.717, 1.165) is 22.1 Å². The topological polar surface area (TPSA) is 43.8 Å². The van der Waals surface area contributed by atoms with E-state index in [-0.39, 0.29) is 0 Å². The summed E-state index contributed by atoms with van der Waals surface area (Å²) in [5.74, 6) is 2.39. The van der Waals surface area contributed by atoms with E-state index in [0.29, 0.717) is 6.04 Å². The molecule has 3 nitrogen and oxygen atoms in total. The predicted molar refractivity (Wildman–Crippen MR) is 60.9 cm³/mol. The molecule has 0 unspecified atom stereocenters. The number of rotatable bonds is 2. The van der Waals surface area contributed by atoms with Gasteiger partial charge in [0, 0.05) is 0 Å². The van der Waals surface area contributed by atoms with Crippen molar-refractivity contribution < 1.29 is 0 Å². The summed E-state index contributed by atoms with van der Waals surface area (Å²) in [5, 5.41) is 4.28. The van der Waals surface area contributed by atoms with Gasteiger partial charge in [0.2, 0.25) is 0 Å². The third-order valence-corrected chi connectivity index (χ3v) is 3.84. The largest absolute Gasteiger partial charge is 0.383 e. The molecule has 1 aromatic heterocycles. The average Bonchev–Trinajstić information content (AvgIpc) is 2.32. The molecule has 1 saturated carbocycles. The van der Waals surface area contributed by atoms with Crippen molar-refractivity contribution in [1.29, 1.82) is 0 Å². The molecule has 0 amide bonds. The number of hydrogen-bond donors (Lipinski definition) is 1. The van der Waals surface area contributed by atoms with E-state index in [1.807, 2.05) is 4.68 Å². The van der Waals surface area contributed by atoms with E-state index >= 15 is 0 Å². The normalized spacial score (nSPS) is 26.6. The van der Waals surface area contributed by atoms with Crippen molar-refractivity contribution in [3.05, 3.63) is 10.7 Å². The van der Waals surface area contributed by atoms with Crippen molar-refractivity contribution in [2.45, 2.75) is 32.7 Å². The molecular weight excluding hydrogens is 242 g/mol. The van der Waals surface area contributed by atoms with Crippen LogP contribution < -0.4 is 5.73 Å². The summed E-state index contributed by atoms with van der Waals surface area (Å²) < 4.78 is 2.86. The molecule has 0 bridgehead atoms. The van der Waals surface area contributed by atoms with Crippen molar-refractivity contribution in [2.75, 3.05) is 5.73 Å². The lowest BCUT2D eigenvalue weighted by atomic mass is 9.74. The standard InChI is InChI=1S/C10H16BrN3/c1-6(2)7-3-8(4-7)14-10(12)9(11)5-13-14/h5-8H,3-4,12H2,1-2H3. The summed E-state index contributed by atoms with van der Waals surface area (Å²) >= 11 is 3.37. The number of nitrogens with two attached hydrogens (primary N) is 1. The first-order chi connectivity index (χ1) is 6.59. The Morgan fingerprint density at radius 2 is 2.21 bits per heavy atom. The summed E-state index contributed by atoms with van der Waals surface area (Å²) in [5.41, 5.74) is 5.89. The minimum absolute atomic E-state index is 0.522. The Morgan fingerprint density at radius 3 is 2.64 bits per heavy atom. The summed E-state index contributed by atoms with van der Waals surface area (Å²) in [7, 11) is 0. The van der Waals surface area contributed by atoms with E-state index in [1.54, 1.807) is 6.20 Å². The van der Waals surface area contributed by atoms with Crippen molar-refractivity contribution in [2.24, 2.45) is 11.8 Å². The Bertz CT molecular complexity index is 326. The molecule has 0 saturated heterocycles. The van der Waals surface area contributed by atoms with Gasteiger partial charge in [0.05, 0.1) is 16.7 Å². The summed E-state index contributed by atoms with van der Waals surface area (Å²) in [4.78, 5) is 0. The van der Waals surface area contributed by atoms with E-state index in [4.69, 9.17) is 5.73 Å². The van der Waals surface area contributed by atoms with Gasteiger partial charge in [-0.1, -0.05) is 13.8 Å². The molecule has 0 atom stereocenters. The van der Waals surface area contributed by atoms with Gasteiger partial charge in [-0.15, -0.1) is 0 Å². The molecule has 1 aliphatic carbocycles. The lowest BCUT2D eigenvalue weighted by Crippen LogP contribution is -2.31. The maximum Gasteiger partial charge on any atom is 0.136 e. The van der Waals surface area contributed by atoms with Crippen molar-refractivity contribution in [3.8, 4) is 0 Å². The van der Waals surface area contributed by atoms with Crippen LogP contribution in [0.4, 0.5) is 5.82 Å². The lowest BCUT2D eigenvalue weighted by Gasteiger charge is -2.38. The molecule has 2 rings (SSSR count). The summed E-state index contributed by atoms with van der Waals surface area (Å²) in [6.45, 7) is 4.56. The first-order valence-corrected chi connectivity index (χ1v) is 5.87. The molecule has 78 valence electrons. The van der Waals surface area contributed by atoms with E-state index in [2.05, 4.69) is 34.9 Å². The number of nitrogens with zero attached hydrogens (tertiary/aromatic N) is 2. The second kappa shape index (κ2) is 3.57. The Morgan fingerprint density at radius 1 is 1.57 bits per heavy atom. The van der Waals surface area contributed by atoms with Crippen LogP contribution in [0.15, 0.2) is 10.7 Å². The van der Waals surface area contributed by atoms with Crippen LogP contribution in [0, 0.1) is 11.8 Å². The molecular formula is C10H16BrN3. The highest BCUT2D eigenvalue weighted by molar-refractivity contribution is 9.10. The van der Waals surface area contributed by atoms with E-state index in [1.165, 1.54) is 12.8 Å². The predicted octanol–water partition coefficient (Wildman–Crippen LogP) is 2.83. The summed E-state index contributed by atoms with van der Waals surface area (Å²) in [6, 6.07) is 0.522. The Labute approximate surface area is 92.8 Å². The molecule has 4 heteroatoms. The third-order valence-electron chi connectivity index (χ3n) is 3.23. The first-order valence-electron chi connectivity index (χ1n) is 5.08. The number of nitrogen functional groups attached to an aromatic ring is 1. The minimum atomic E-state index is 0.522. The molecule has 2 N–H and O–H groups in total. The summed E-state index contributed by atoms with van der Waals surface area (Å²) in [6.07, 6.45) is 4.21. The van der Waals surface area contributed by atoms with Crippen LogP contribution >= 0.6 is 15.9 Å². The zero-order valence-corrected chi connectivity index (χ0v) is 10.2. The monoisotopic (exact) mass is 257 g/mol. The van der Waals surface area contributed by atoms with Gasteiger partial charge >= 0.3 is 0 Å². The SMILES string of the molecule is CC(C)C1CC(n2ncc(Br)c2N)C1. The maximum atomic E-state index is 5.89. The number of halogens is 1. The Hall–Kier alpha value is -0.510. The first kappa shape index (κ1) is 10.0. The third kappa shape index (κ3) is 1.56. The molecule has 0 aromatic carbocycles. The fourth-order valence-corrected chi connectivity index (χ4v) is 2.29. The van der Waals surface area contributed by atoms with Gasteiger partial charge in [-0.05, 0) is 40.6 Å². The second-order valence-corrected chi connectivity index (χ2v) is 5.31. The van der Waals surface area contributed by atoms with Crippen LogP contribution in [0.3, 0.4) is 0 Å². The van der Waals surface area contributed by atoms with Gasteiger partial charge in [0.15, 0.2) is 0 Å². The van der Waals surface area contributed by atoms with Crippen LogP contribution in [-0.2, 0) is 0 Å². The van der Waals surface area contributed by atoms with Crippen LogP contribution in [0.5, 0.6) is 0 Å². The van der Waals surface area contributed by atoms with Gasteiger partial charge in [0.25, 0.3) is 0 Å². The van der Waals surface area contributed by atoms with Crippen LogP contribution in [0.1, 0.15) is 32.7 Å². The molecule has 0 radical (unpaired) electrons. The maximum absolute atomic E-state index is 5.89. The molecule has 1 heterocycles. The second-order valence-electron chi connectivity index (χ2n) is 4.45. The Balaban J connectivity index is 2.03. The minimum Gasteiger partial charge on any atom is -0.383 e. The highest BCUT2D eigenvalue weighted by atomic mass is 79.9. The molecule has 0 aliphatic heterocycles. The lowest BCUT2D eigenvalue weighted by molar-refractivity contribution is 0.139. The zero-order valence-electron chi connectivity index (χ0n) is 8.57. The molecule has 1 fully saturated rings. The molecule has 14 heavy (non-hydrogen) atoms. The smallest absolute Gasteiger partial charge is 0.136 e. The number of aromatic nitrogens is 2. The van der Waals surface area contributed by atoms with Gasteiger partial charge in [0.1, 0.15) is 5.82 Å². The van der Waals surface area contributed by atoms with Gasteiger partial charge in [-0.25, -0.2) is 4.68 Å². The van der Waals surface area contributed by atoms with Gasteiger partial charge < -0.3 is 5.73 Å². The van der Waals surface area contributed by atoms with Crippen LogP contribution in [-0.4, -0.2) is 9.78 Å². The van der Waals surface area contributed by atoms with Crippen LogP contribution in [0.2, 0.25) is 0 Å². The van der Waals surface area contributed by atoms with Crippen molar-refractivity contribution in [1.82, 2.24) is 9.78 Å². The van der Waals surface area contributed by atoms with Gasteiger partial charge in [-0.2, -0.15) is 5.10 Å². The average molecular weight is 258 g/mol. The highest BCUT2D eigenvalue weighted by Gasteiger charge is 2.33. The van der Waals surface area contributed by atoms with Crippen molar-refractivity contribution in [3.63, 3.8) is 0 Å². The molecule has 0 spiro atoms. The molecule has 1 aromatic rings. The molecule has 1 aliphatic rings. The fourth-order valence-electron chi connectivity index (χ4n) is 2.02. The Kier molecular flexibility index (Phi) is 2.56. The fraction of sp³-hybridized carbons (Fsp3) is 0.700. The zero-order chi connectivity index (χ0) is 10.3. The number of anilines is 1.